The third-order valence-electron chi connectivity index (χ3n) is 1.63. The molecule has 0 aliphatic heterocycles. The van der Waals surface area contributed by atoms with Gasteiger partial charge in [0.15, 0.2) is 5.72 Å². The van der Waals surface area contributed by atoms with E-state index in [9.17, 15) is 5.21 Å². The van der Waals surface area contributed by atoms with Crippen LogP contribution in [0.15, 0.2) is 0 Å². The minimum Gasteiger partial charge on any atom is -0.632 e. The van der Waals surface area contributed by atoms with Gasteiger partial charge in [0.25, 0.3) is 0 Å². The molecule has 0 aromatic heterocycles. The summed E-state index contributed by atoms with van der Waals surface area (Å²) in [5, 5.41) is 11.4. The zero-order valence-corrected chi connectivity index (χ0v) is 7.39. The molecule has 1 unspecified atom stereocenters. The largest absolute Gasteiger partial charge is 0.632 e. The third-order valence-corrected chi connectivity index (χ3v) is 1.63. The molecule has 1 atom stereocenters. The standard InChI is InChI=1S/C7H17NO2/c1-6(2)8(9)7(3,4)10-5/h6,8H,1-5H3. The maximum absolute atomic E-state index is 11.3. The van der Waals surface area contributed by atoms with E-state index in [1.165, 1.54) is 0 Å². The van der Waals surface area contributed by atoms with E-state index in [-0.39, 0.29) is 11.1 Å². The zero-order valence-electron chi connectivity index (χ0n) is 7.39. The van der Waals surface area contributed by atoms with Crippen molar-refractivity contribution in [3.8, 4) is 0 Å². The van der Waals surface area contributed by atoms with Gasteiger partial charge >= 0.3 is 0 Å². The molecule has 0 saturated carbocycles. The second-order valence-corrected chi connectivity index (χ2v) is 3.23. The fraction of sp³-hybridized carbons (Fsp3) is 1.00. The van der Waals surface area contributed by atoms with Gasteiger partial charge in [-0.05, 0) is 13.8 Å². The Kier molecular flexibility index (Phi) is 3.28. The van der Waals surface area contributed by atoms with E-state index in [2.05, 4.69) is 0 Å². The molecule has 0 aromatic rings. The Morgan fingerprint density at radius 1 is 1.40 bits per heavy atom. The number of ether oxygens (including phenoxy) is 1. The zero-order chi connectivity index (χ0) is 8.36. The molecular weight excluding hydrogens is 130 g/mol. The van der Waals surface area contributed by atoms with E-state index in [1.807, 2.05) is 13.8 Å². The molecule has 0 heterocycles. The van der Waals surface area contributed by atoms with E-state index in [0.29, 0.717) is 0 Å². The Morgan fingerprint density at radius 3 is 1.90 bits per heavy atom. The Morgan fingerprint density at radius 2 is 1.80 bits per heavy atom. The predicted octanol–water partition coefficient (Wildman–Crippen LogP) is 0.160. The van der Waals surface area contributed by atoms with Gasteiger partial charge in [-0.3, -0.25) is 0 Å². The molecule has 0 bridgehead atoms. The van der Waals surface area contributed by atoms with Gasteiger partial charge in [0.05, 0.1) is 6.04 Å². The molecule has 0 radical (unpaired) electrons. The van der Waals surface area contributed by atoms with Crippen LogP contribution in [0.1, 0.15) is 27.7 Å². The third kappa shape index (κ3) is 2.25. The molecule has 10 heavy (non-hydrogen) atoms. The first-order valence-corrected chi connectivity index (χ1v) is 3.51. The van der Waals surface area contributed by atoms with Gasteiger partial charge in [-0.1, -0.05) is 0 Å². The van der Waals surface area contributed by atoms with Gasteiger partial charge in [0, 0.05) is 21.0 Å². The highest BCUT2D eigenvalue weighted by atomic mass is 16.6. The fourth-order valence-corrected chi connectivity index (χ4v) is 0.796. The summed E-state index contributed by atoms with van der Waals surface area (Å²) in [5.41, 5.74) is -0.617. The number of nitrogens with one attached hydrogen (secondary N) is 1. The Hall–Kier alpha value is -0.120. The van der Waals surface area contributed by atoms with Crippen molar-refractivity contribution in [2.75, 3.05) is 7.11 Å². The average molecular weight is 147 g/mol. The molecule has 0 aliphatic rings. The van der Waals surface area contributed by atoms with Gasteiger partial charge in [0.1, 0.15) is 0 Å². The lowest BCUT2D eigenvalue weighted by molar-refractivity contribution is -0.948. The second kappa shape index (κ2) is 3.32. The van der Waals surface area contributed by atoms with Gasteiger partial charge in [-0.2, -0.15) is 0 Å². The molecule has 0 rings (SSSR count). The van der Waals surface area contributed by atoms with Crippen molar-refractivity contribution in [1.82, 2.24) is 0 Å². The van der Waals surface area contributed by atoms with Crippen molar-refractivity contribution in [2.45, 2.75) is 39.5 Å². The number of hydrogen-bond acceptors (Lipinski definition) is 2. The van der Waals surface area contributed by atoms with Crippen LogP contribution < -0.4 is 5.06 Å². The molecule has 3 nitrogen and oxygen atoms in total. The number of methoxy groups -OCH3 is 1. The van der Waals surface area contributed by atoms with Crippen LogP contribution in [0.5, 0.6) is 0 Å². The van der Waals surface area contributed by atoms with Crippen LogP contribution in [0.25, 0.3) is 0 Å². The molecule has 0 aromatic carbocycles. The van der Waals surface area contributed by atoms with E-state index >= 15 is 0 Å². The van der Waals surface area contributed by atoms with Gasteiger partial charge in [0.2, 0.25) is 0 Å². The lowest BCUT2D eigenvalue weighted by Crippen LogP contribution is -3.18. The summed E-state index contributed by atoms with van der Waals surface area (Å²) < 4.78 is 5.01. The highest BCUT2D eigenvalue weighted by Crippen LogP contribution is 1.96. The number of hydrogen-bond donors (Lipinski definition) is 1. The van der Waals surface area contributed by atoms with Crippen molar-refractivity contribution in [3.05, 3.63) is 5.21 Å². The first-order chi connectivity index (χ1) is 4.41. The Labute approximate surface area is 62.6 Å². The van der Waals surface area contributed by atoms with Crippen LogP contribution in [0, 0.1) is 5.21 Å². The summed E-state index contributed by atoms with van der Waals surface area (Å²) in [7, 11) is 1.56. The Bertz CT molecular complexity index is 102. The van der Waals surface area contributed by atoms with Crippen LogP contribution in [0.3, 0.4) is 0 Å². The molecule has 3 heteroatoms. The molecule has 0 aliphatic carbocycles. The monoisotopic (exact) mass is 147 g/mol. The van der Waals surface area contributed by atoms with E-state index in [0.717, 1.165) is 0 Å². The maximum Gasteiger partial charge on any atom is 0.195 e. The van der Waals surface area contributed by atoms with Gasteiger partial charge in [-0.15, -0.1) is 0 Å². The highest BCUT2D eigenvalue weighted by molar-refractivity contribution is 4.51. The number of rotatable bonds is 3. The Balaban J connectivity index is 4.03. The van der Waals surface area contributed by atoms with Crippen LogP contribution >= 0.6 is 0 Å². The molecule has 0 saturated heterocycles. The van der Waals surface area contributed by atoms with Gasteiger partial charge in [-0.25, -0.2) is 0 Å². The summed E-state index contributed by atoms with van der Waals surface area (Å²) in [5.74, 6) is 0. The van der Waals surface area contributed by atoms with Crippen molar-refractivity contribution in [1.29, 1.82) is 0 Å². The van der Waals surface area contributed by atoms with Gasteiger partial charge < -0.3 is 15.0 Å². The highest BCUT2D eigenvalue weighted by Gasteiger charge is 2.25. The second-order valence-electron chi connectivity index (χ2n) is 3.23. The number of hydroxylamine groups is 2. The lowest BCUT2D eigenvalue weighted by Gasteiger charge is -2.39. The molecule has 0 fully saturated rings. The number of quaternary nitrogens is 1. The molecule has 0 amide bonds. The van der Waals surface area contributed by atoms with Crippen molar-refractivity contribution in [3.63, 3.8) is 0 Å². The fourth-order valence-electron chi connectivity index (χ4n) is 0.796. The smallest absolute Gasteiger partial charge is 0.195 e. The summed E-state index contributed by atoms with van der Waals surface area (Å²) in [6.07, 6.45) is 0. The molecule has 0 spiro atoms. The minimum atomic E-state index is -0.617. The molecule has 62 valence electrons. The summed E-state index contributed by atoms with van der Waals surface area (Å²) in [4.78, 5) is 0. The van der Waals surface area contributed by atoms with Crippen LogP contribution in [-0.4, -0.2) is 18.9 Å². The van der Waals surface area contributed by atoms with Crippen LogP contribution in [0.4, 0.5) is 0 Å². The summed E-state index contributed by atoms with van der Waals surface area (Å²) >= 11 is 0. The predicted molar refractivity (Wildman–Crippen MR) is 40.6 cm³/mol. The van der Waals surface area contributed by atoms with Crippen LogP contribution in [-0.2, 0) is 4.74 Å². The molecular formula is C7H17NO2. The normalized spacial score (nSPS) is 15.9. The molecule has 1 N–H and O–H groups in total. The topological polar surface area (TPSA) is 36.7 Å². The summed E-state index contributed by atoms with van der Waals surface area (Å²) in [6.45, 7) is 7.33. The van der Waals surface area contributed by atoms with E-state index in [4.69, 9.17) is 4.74 Å². The van der Waals surface area contributed by atoms with E-state index < -0.39 is 5.72 Å². The maximum atomic E-state index is 11.3. The van der Waals surface area contributed by atoms with Crippen LogP contribution in [0.2, 0.25) is 0 Å². The first kappa shape index (κ1) is 9.88. The summed E-state index contributed by atoms with van der Waals surface area (Å²) in [6, 6.07) is 0.0509. The minimum absolute atomic E-state index is 0.0509. The quantitative estimate of drug-likeness (QED) is 0.456. The van der Waals surface area contributed by atoms with E-state index in [1.54, 1.807) is 21.0 Å². The van der Waals surface area contributed by atoms with Crippen molar-refractivity contribution in [2.24, 2.45) is 0 Å². The van der Waals surface area contributed by atoms with Crippen molar-refractivity contribution >= 4 is 0 Å². The van der Waals surface area contributed by atoms with Crippen molar-refractivity contribution < 1.29 is 9.80 Å². The SMILES string of the molecule is COC(C)(C)[NH+]([O-])C(C)C. The lowest BCUT2D eigenvalue weighted by atomic mass is 10.2. The average Bonchev–Trinajstić information content (AvgIpc) is 1.86. The first-order valence-electron chi connectivity index (χ1n) is 3.51.